The van der Waals surface area contributed by atoms with E-state index in [4.69, 9.17) is 5.73 Å². The Morgan fingerprint density at radius 1 is 1.04 bits per heavy atom. The predicted octanol–water partition coefficient (Wildman–Crippen LogP) is 0.960. The third-order valence-corrected chi connectivity index (χ3v) is 5.16. The molecule has 0 radical (unpaired) electrons. The van der Waals surface area contributed by atoms with E-state index in [0.717, 1.165) is 11.1 Å². The molecule has 0 aliphatic carbocycles. The molecule has 0 saturated heterocycles. The van der Waals surface area contributed by atoms with Crippen LogP contribution in [-0.4, -0.2) is 33.5 Å². The SMILES string of the molecule is Cc1ccc(S(=O)(=O)NCCNC(=O)C(N)Cc2ccccc2)cc1. The number of benzene rings is 2. The molecule has 0 heterocycles. The van der Waals surface area contributed by atoms with Gasteiger partial charge >= 0.3 is 0 Å². The van der Waals surface area contributed by atoms with Gasteiger partial charge in [0, 0.05) is 13.1 Å². The molecule has 2 aromatic rings. The van der Waals surface area contributed by atoms with Crippen molar-refractivity contribution in [3.05, 3.63) is 65.7 Å². The lowest BCUT2D eigenvalue weighted by molar-refractivity contribution is -0.122. The number of nitrogens with two attached hydrogens (primary N) is 1. The molecule has 4 N–H and O–H groups in total. The fourth-order valence-corrected chi connectivity index (χ4v) is 3.30. The number of amides is 1. The number of carbonyl (C=O) groups excluding carboxylic acids is 1. The van der Waals surface area contributed by atoms with Crippen LogP contribution in [0.5, 0.6) is 0 Å². The molecule has 7 heteroatoms. The number of sulfonamides is 1. The average molecular weight is 361 g/mol. The first-order chi connectivity index (χ1) is 11.9. The standard InChI is InChI=1S/C18H23N3O3S/c1-14-7-9-16(10-8-14)25(23,24)21-12-11-20-18(22)17(19)13-15-5-3-2-4-6-15/h2-10,17,21H,11-13,19H2,1H3,(H,20,22). The van der Waals surface area contributed by atoms with Crippen LogP contribution in [0.3, 0.4) is 0 Å². The summed E-state index contributed by atoms with van der Waals surface area (Å²) < 4.78 is 26.7. The van der Waals surface area contributed by atoms with Crippen molar-refractivity contribution < 1.29 is 13.2 Å². The van der Waals surface area contributed by atoms with Crippen molar-refractivity contribution >= 4 is 15.9 Å². The second-order valence-electron chi connectivity index (χ2n) is 5.80. The normalized spacial score (nSPS) is 12.6. The molecule has 25 heavy (non-hydrogen) atoms. The Morgan fingerprint density at radius 3 is 2.32 bits per heavy atom. The summed E-state index contributed by atoms with van der Waals surface area (Å²) in [4.78, 5) is 12.2. The molecule has 0 bridgehead atoms. The summed E-state index contributed by atoms with van der Waals surface area (Å²) in [6.07, 6.45) is 0.432. The van der Waals surface area contributed by atoms with Gasteiger partial charge in [0.2, 0.25) is 15.9 Å². The molecule has 6 nitrogen and oxygen atoms in total. The van der Waals surface area contributed by atoms with Gasteiger partial charge in [0.1, 0.15) is 0 Å². The molecule has 2 aromatic carbocycles. The fourth-order valence-electron chi connectivity index (χ4n) is 2.26. The highest BCUT2D eigenvalue weighted by molar-refractivity contribution is 7.89. The molecule has 1 atom stereocenters. The number of rotatable bonds is 8. The van der Waals surface area contributed by atoms with Gasteiger partial charge < -0.3 is 11.1 Å². The smallest absolute Gasteiger partial charge is 0.240 e. The zero-order chi connectivity index (χ0) is 18.3. The third-order valence-electron chi connectivity index (χ3n) is 3.68. The lowest BCUT2D eigenvalue weighted by atomic mass is 10.1. The van der Waals surface area contributed by atoms with Crippen LogP contribution >= 0.6 is 0 Å². The molecular formula is C18H23N3O3S. The minimum atomic E-state index is -3.58. The first-order valence-electron chi connectivity index (χ1n) is 8.02. The molecule has 2 rings (SSSR count). The number of aryl methyl sites for hydroxylation is 1. The van der Waals surface area contributed by atoms with Crippen molar-refractivity contribution in [2.75, 3.05) is 13.1 Å². The van der Waals surface area contributed by atoms with Gasteiger partial charge in [-0.25, -0.2) is 13.1 Å². The maximum absolute atomic E-state index is 12.1. The number of carbonyl (C=O) groups is 1. The summed E-state index contributed by atoms with van der Waals surface area (Å²) in [6, 6.07) is 15.4. The van der Waals surface area contributed by atoms with E-state index in [1.165, 1.54) is 0 Å². The Hall–Kier alpha value is -2.22. The van der Waals surface area contributed by atoms with Crippen LogP contribution in [0.25, 0.3) is 0 Å². The quantitative estimate of drug-likeness (QED) is 0.610. The van der Waals surface area contributed by atoms with Crippen LogP contribution in [0.2, 0.25) is 0 Å². The summed E-state index contributed by atoms with van der Waals surface area (Å²) in [7, 11) is -3.58. The van der Waals surface area contributed by atoms with E-state index >= 15 is 0 Å². The van der Waals surface area contributed by atoms with E-state index < -0.39 is 16.1 Å². The van der Waals surface area contributed by atoms with E-state index in [9.17, 15) is 13.2 Å². The van der Waals surface area contributed by atoms with Crippen molar-refractivity contribution in [1.29, 1.82) is 0 Å². The highest BCUT2D eigenvalue weighted by atomic mass is 32.2. The zero-order valence-corrected chi connectivity index (χ0v) is 14.9. The molecule has 1 amide bonds. The number of nitrogens with one attached hydrogen (secondary N) is 2. The maximum Gasteiger partial charge on any atom is 0.240 e. The minimum Gasteiger partial charge on any atom is -0.353 e. The third kappa shape index (κ3) is 5.97. The van der Waals surface area contributed by atoms with Crippen LogP contribution < -0.4 is 15.8 Å². The van der Waals surface area contributed by atoms with Crippen molar-refractivity contribution in [3.8, 4) is 0 Å². The highest BCUT2D eigenvalue weighted by Gasteiger charge is 2.15. The van der Waals surface area contributed by atoms with Crippen molar-refractivity contribution in [2.24, 2.45) is 5.73 Å². The van der Waals surface area contributed by atoms with Gasteiger partial charge in [0.25, 0.3) is 0 Å². The van der Waals surface area contributed by atoms with Crippen molar-refractivity contribution in [3.63, 3.8) is 0 Å². The summed E-state index contributed by atoms with van der Waals surface area (Å²) in [5.74, 6) is -0.307. The topological polar surface area (TPSA) is 101 Å². The summed E-state index contributed by atoms with van der Waals surface area (Å²) in [5, 5.41) is 2.64. The lowest BCUT2D eigenvalue weighted by Crippen LogP contribution is -2.44. The number of hydrogen-bond donors (Lipinski definition) is 3. The second-order valence-corrected chi connectivity index (χ2v) is 7.57. The van der Waals surface area contributed by atoms with E-state index in [0.29, 0.717) is 6.42 Å². The van der Waals surface area contributed by atoms with Gasteiger partial charge in [0.05, 0.1) is 10.9 Å². The Bertz CT molecular complexity index is 790. The monoisotopic (exact) mass is 361 g/mol. The van der Waals surface area contributed by atoms with Crippen LogP contribution in [-0.2, 0) is 21.2 Å². The predicted molar refractivity (Wildman–Crippen MR) is 97.5 cm³/mol. The lowest BCUT2D eigenvalue weighted by Gasteiger charge is -2.13. The van der Waals surface area contributed by atoms with Gasteiger partial charge in [-0.3, -0.25) is 4.79 Å². The van der Waals surface area contributed by atoms with Crippen molar-refractivity contribution in [1.82, 2.24) is 10.0 Å². The second kappa shape index (κ2) is 8.75. The summed E-state index contributed by atoms with van der Waals surface area (Å²) >= 11 is 0. The Labute approximate surface area is 148 Å². The van der Waals surface area contributed by atoms with E-state index in [1.807, 2.05) is 37.3 Å². The highest BCUT2D eigenvalue weighted by Crippen LogP contribution is 2.09. The van der Waals surface area contributed by atoms with Gasteiger partial charge in [-0.05, 0) is 31.0 Å². The molecule has 0 fully saturated rings. The Balaban J connectivity index is 1.76. The summed E-state index contributed by atoms with van der Waals surface area (Å²) in [6.45, 7) is 2.16. The maximum atomic E-state index is 12.1. The molecule has 0 spiro atoms. The van der Waals surface area contributed by atoms with Gasteiger partial charge in [-0.1, -0.05) is 48.0 Å². The zero-order valence-electron chi connectivity index (χ0n) is 14.1. The molecule has 0 aliphatic heterocycles. The van der Waals surface area contributed by atoms with Gasteiger partial charge in [-0.2, -0.15) is 0 Å². The molecular weight excluding hydrogens is 338 g/mol. The van der Waals surface area contributed by atoms with Crippen LogP contribution in [0.1, 0.15) is 11.1 Å². The number of hydrogen-bond acceptors (Lipinski definition) is 4. The van der Waals surface area contributed by atoms with Crippen LogP contribution in [0.4, 0.5) is 0 Å². The van der Waals surface area contributed by atoms with Crippen LogP contribution in [0.15, 0.2) is 59.5 Å². The first-order valence-corrected chi connectivity index (χ1v) is 9.50. The largest absolute Gasteiger partial charge is 0.353 e. The van der Waals surface area contributed by atoms with Crippen LogP contribution in [0, 0.1) is 6.92 Å². The van der Waals surface area contributed by atoms with E-state index in [1.54, 1.807) is 24.3 Å². The first kappa shape index (κ1) is 19.1. The molecule has 0 aromatic heterocycles. The Kier molecular flexibility index (Phi) is 6.69. The molecule has 0 saturated carbocycles. The Morgan fingerprint density at radius 2 is 1.68 bits per heavy atom. The summed E-state index contributed by atoms with van der Waals surface area (Å²) in [5.41, 5.74) is 7.83. The molecule has 0 aliphatic rings. The van der Waals surface area contributed by atoms with Crippen molar-refractivity contribution in [2.45, 2.75) is 24.3 Å². The van der Waals surface area contributed by atoms with E-state index in [-0.39, 0.29) is 23.9 Å². The average Bonchev–Trinajstić information content (AvgIpc) is 2.59. The van der Waals surface area contributed by atoms with E-state index in [2.05, 4.69) is 10.0 Å². The van der Waals surface area contributed by atoms with Gasteiger partial charge in [-0.15, -0.1) is 0 Å². The van der Waals surface area contributed by atoms with Gasteiger partial charge in [0.15, 0.2) is 0 Å². The molecule has 1 unspecified atom stereocenters. The fraction of sp³-hybridized carbons (Fsp3) is 0.278. The minimum absolute atomic E-state index is 0.0972. The molecule has 134 valence electrons.